The highest BCUT2D eigenvalue weighted by Gasteiger charge is 2.27. The molecule has 0 saturated heterocycles. The Balaban J connectivity index is 4.24. The maximum absolute atomic E-state index is 12.9. The SMILES string of the molecule is CCCCCCCCCCCC/C=C\CCCCCCCC(O)CC(=O)NC(COP(=O)(O)OCCN)C(O)/C=C/CC/C=C/CCCCCCCCCCCCCCCCC. The summed E-state index contributed by atoms with van der Waals surface area (Å²) in [7, 11) is -4.42. The van der Waals surface area contributed by atoms with Gasteiger partial charge in [-0.1, -0.05) is 224 Å². The largest absolute Gasteiger partial charge is 0.472 e. The average Bonchev–Trinajstić information content (AvgIpc) is 3.25. The zero-order valence-corrected chi connectivity index (χ0v) is 41.4. The average molecular weight is 897 g/mol. The fraction of sp³-hybridized carbons (Fsp3) is 0.865. The summed E-state index contributed by atoms with van der Waals surface area (Å²) in [6.45, 7) is 3.98. The molecule has 4 unspecified atom stereocenters. The van der Waals surface area contributed by atoms with Crippen LogP contribution >= 0.6 is 7.82 Å². The third kappa shape index (κ3) is 45.3. The number of allylic oxidation sites excluding steroid dienone is 5. The summed E-state index contributed by atoms with van der Waals surface area (Å²) in [5.74, 6) is -0.458. The molecule has 0 spiro atoms. The molecule has 6 N–H and O–H groups in total. The first-order chi connectivity index (χ1) is 30.3. The third-order valence-corrected chi connectivity index (χ3v) is 12.7. The quantitative estimate of drug-likeness (QED) is 0.0230. The van der Waals surface area contributed by atoms with Crippen LogP contribution in [-0.4, -0.2) is 59.0 Å². The predicted octanol–water partition coefficient (Wildman–Crippen LogP) is 14.4. The first-order valence-electron chi connectivity index (χ1n) is 26.2. The van der Waals surface area contributed by atoms with E-state index >= 15 is 0 Å². The molecule has 0 aromatic heterocycles. The van der Waals surface area contributed by atoms with E-state index in [2.05, 4.69) is 43.5 Å². The maximum atomic E-state index is 12.9. The van der Waals surface area contributed by atoms with E-state index in [9.17, 15) is 24.5 Å². The minimum absolute atomic E-state index is 0.0437. The highest BCUT2D eigenvalue weighted by atomic mass is 31.2. The lowest BCUT2D eigenvalue weighted by Gasteiger charge is -2.24. The molecule has 0 fully saturated rings. The second-order valence-corrected chi connectivity index (χ2v) is 19.4. The van der Waals surface area contributed by atoms with Crippen molar-refractivity contribution in [2.24, 2.45) is 5.73 Å². The molecule has 0 saturated carbocycles. The number of nitrogens with one attached hydrogen (secondary N) is 1. The van der Waals surface area contributed by atoms with E-state index in [0.717, 1.165) is 44.9 Å². The van der Waals surface area contributed by atoms with Gasteiger partial charge in [0.2, 0.25) is 5.91 Å². The summed E-state index contributed by atoms with van der Waals surface area (Å²) >= 11 is 0. The number of phosphoric ester groups is 1. The van der Waals surface area contributed by atoms with Gasteiger partial charge in [-0.2, -0.15) is 0 Å². The van der Waals surface area contributed by atoms with Crippen molar-refractivity contribution in [3.05, 3.63) is 36.5 Å². The van der Waals surface area contributed by atoms with Crippen LogP contribution in [0.25, 0.3) is 0 Å². The molecule has 0 aromatic carbocycles. The van der Waals surface area contributed by atoms with Gasteiger partial charge in [-0.05, 0) is 57.8 Å². The van der Waals surface area contributed by atoms with Crippen molar-refractivity contribution in [1.82, 2.24) is 5.32 Å². The molecule has 4 atom stereocenters. The van der Waals surface area contributed by atoms with E-state index < -0.39 is 38.6 Å². The Labute approximate surface area is 382 Å². The van der Waals surface area contributed by atoms with Gasteiger partial charge in [0.05, 0.1) is 37.9 Å². The van der Waals surface area contributed by atoms with Crippen LogP contribution < -0.4 is 11.1 Å². The normalized spacial score (nSPS) is 14.6. The number of unbranched alkanes of at least 4 members (excludes halogenated alkanes) is 31. The molecule has 0 rings (SSSR count). The van der Waals surface area contributed by atoms with Gasteiger partial charge in [-0.15, -0.1) is 0 Å². The van der Waals surface area contributed by atoms with Gasteiger partial charge in [0.25, 0.3) is 0 Å². The van der Waals surface area contributed by atoms with E-state index in [0.29, 0.717) is 12.8 Å². The lowest BCUT2D eigenvalue weighted by Crippen LogP contribution is -2.46. The Morgan fingerprint density at radius 3 is 1.34 bits per heavy atom. The number of carbonyl (C=O) groups excluding carboxylic acids is 1. The van der Waals surface area contributed by atoms with Crippen LogP contribution in [0, 0.1) is 0 Å². The minimum Gasteiger partial charge on any atom is -0.393 e. The standard InChI is InChI=1S/C52H101N2O7P/c1-3-5-7-9-11-13-15-17-19-21-23-24-26-28-30-32-34-36-38-40-42-44-51(56)50(48-61-62(58,59)60-46-45-53)54-52(57)47-49(55)43-41-39-37-35-33-31-29-27-25-22-20-18-16-14-12-10-8-6-4-2/h27,29,34,36,42,44,49-51,55-56H,3-26,28,30-33,35,37-41,43,45-48,53H2,1-2H3,(H,54,57)(H,58,59)/b29-27-,36-34+,44-42+. The second-order valence-electron chi connectivity index (χ2n) is 17.9. The molecule has 0 aliphatic rings. The van der Waals surface area contributed by atoms with E-state index in [1.807, 2.05) is 6.08 Å². The summed E-state index contributed by atoms with van der Waals surface area (Å²) in [4.78, 5) is 22.9. The number of hydrogen-bond donors (Lipinski definition) is 5. The van der Waals surface area contributed by atoms with E-state index in [-0.39, 0.29) is 19.6 Å². The molecule has 0 aliphatic carbocycles. The highest BCUT2D eigenvalue weighted by molar-refractivity contribution is 7.47. The van der Waals surface area contributed by atoms with Gasteiger partial charge in [-0.25, -0.2) is 4.57 Å². The molecule has 0 heterocycles. The number of carbonyl (C=O) groups is 1. The predicted molar refractivity (Wildman–Crippen MR) is 264 cm³/mol. The number of aliphatic hydroxyl groups is 2. The maximum Gasteiger partial charge on any atom is 0.472 e. The fourth-order valence-corrected chi connectivity index (χ4v) is 8.54. The Bertz CT molecular complexity index is 1090. The van der Waals surface area contributed by atoms with Crippen molar-refractivity contribution in [2.45, 2.75) is 270 Å². The van der Waals surface area contributed by atoms with Crippen molar-refractivity contribution in [3.63, 3.8) is 0 Å². The number of nitrogens with two attached hydrogens (primary N) is 1. The van der Waals surface area contributed by atoms with Crippen molar-refractivity contribution < 1.29 is 33.5 Å². The summed E-state index contributed by atoms with van der Waals surface area (Å²) in [5.41, 5.74) is 5.38. The number of phosphoric acid groups is 1. The molecule has 9 nitrogen and oxygen atoms in total. The van der Waals surface area contributed by atoms with Crippen LogP contribution in [0.2, 0.25) is 0 Å². The molecule has 366 valence electrons. The molecule has 10 heteroatoms. The molecule has 1 amide bonds. The van der Waals surface area contributed by atoms with Crippen LogP contribution in [0.4, 0.5) is 0 Å². The number of amides is 1. The van der Waals surface area contributed by atoms with E-state index in [1.165, 1.54) is 173 Å². The monoisotopic (exact) mass is 897 g/mol. The third-order valence-electron chi connectivity index (χ3n) is 11.7. The molecular weight excluding hydrogens is 796 g/mol. The van der Waals surface area contributed by atoms with Crippen LogP contribution in [0.5, 0.6) is 0 Å². The zero-order chi connectivity index (χ0) is 45.5. The van der Waals surface area contributed by atoms with Gasteiger partial charge in [0.15, 0.2) is 0 Å². The van der Waals surface area contributed by atoms with Crippen molar-refractivity contribution in [2.75, 3.05) is 19.8 Å². The van der Waals surface area contributed by atoms with Crippen LogP contribution in [-0.2, 0) is 18.4 Å². The summed E-state index contributed by atoms with van der Waals surface area (Å²) < 4.78 is 22.2. The lowest BCUT2D eigenvalue weighted by atomic mass is 10.0. The molecular formula is C52H101N2O7P. The first-order valence-corrected chi connectivity index (χ1v) is 27.7. The zero-order valence-electron chi connectivity index (χ0n) is 40.5. The van der Waals surface area contributed by atoms with Crippen molar-refractivity contribution >= 4 is 13.7 Å². The molecule has 0 aromatic rings. The van der Waals surface area contributed by atoms with E-state index in [1.54, 1.807) is 6.08 Å². The summed E-state index contributed by atoms with van der Waals surface area (Å²) in [6, 6.07) is -1.00. The molecule has 0 aliphatic heterocycles. The van der Waals surface area contributed by atoms with Gasteiger partial charge < -0.3 is 26.2 Å². The van der Waals surface area contributed by atoms with Gasteiger partial charge in [-0.3, -0.25) is 13.8 Å². The Hall–Kier alpha value is -1.32. The Kier molecular flexibility index (Phi) is 46.6. The van der Waals surface area contributed by atoms with Crippen molar-refractivity contribution in [1.29, 1.82) is 0 Å². The van der Waals surface area contributed by atoms with Gasteiger partial charge in [0.1, 0.15) is 0 Å². The smallest absolute Gasteiger partial charge is 0.393 e. The van der Waals surface area contributed by atoms with Crippen LogP contribution in [0.3, 0.4) is 0 Å². The topological polar surface area (TPSA) is 151 Å². The van der Waals surface area contributed by atoms with Crippen LogP contribution in [0.15, 0.2) is 36.5 Å². The van der Waals surface area contributed by atoms with Crippen LogP contribution in [0.1, 0.15) is 251 Å². The van der Waals surface area contributed by atoms with Crippen molar-refractivity contribution in [3.8, 4) is 0 Å². The second kappa shape index (κ2) is 47.6. The Morgan fingerprint density at radius 2 is 0.919 bits per heavy atom. The summed E-state index contributed by atoms with van der Waals surface area (Å²) in [6.07, 6.45) is 55.3. The van der Waals surface area contributed by atoms with E-state index in [4.69, 9.17) is 14.8 Å². The Morgan fingerprint density at radius 1 is 0.548 bits per heavy atom. The summed E-state index contributed by atoms with van der Waals surface area (Å²) in [5, 5.41) is 24.2. The minimum atomic E-state index is -4.42. The number of hydrogen-bond acceptors (Lipinski definition) is 7. The molecule has 0 radical (unpaired) electrons. The van der Waals surface area contributed by atoms with Gasteiger partial charge in [0, 0.05) is 6.54 Å². The molecule has 0 bridgehead atoms. The fourth-order valence-electron chi connectivity index (χ4n) is 7.78. The number of rotatable bonds is 49. The lowest BCUT2D eigenvalue weighted by molar-refractivity contribution is -0.124. The first kappa shape index (κ1) is 60.7. The molecule has 62 heavy (non-hydrogen) atoms. The van der Waals surface area contributed by atoms with Gasteiger partial charge >= 0.3 is 7.82 Å². The highest BCUT2D eigenvalue weighted by Crippen LogP contribution is 2.43. The number of aliphatic hydroxyl groups excluding tert-OH is 2.